The largest absolute Gasteiger partial charge is 0.385 e. The van der Waals surface area contributed by atoms with Crippen molar-refractivity contribution < 1.29 is 29.2 Å². The van der Waals surface area contributed by atoms with Gasteiger partial charge in [-0.2, -0.15) is 0 Å². The van der Waals surface area contributed by atoms with Crippen LogP contribution in [-0.2, 0) is 38.8 Å². The van der Waals surface area contributed by atoms with E-state index in [1.165, 1.54) is 0 Å². The average molecular weight is 451 g/mol. The first-order valence-corrected chi connectivity index (χ1v) is 11.1. The van der Waals surface area contributed by atoms with Crippen LogP contribution in [0, 0.1) is 0 Å². The standard InChI is InChI=1S/C27H30O6/c28-24-26(32-18-22-14-8-3-9-15-22)25(31-17-21-12-6-2-7-13-21)23(33-27(24)29)19-30-16-20-10-4-1-5-11-20/h1-15,23-29H,16-19H2/t23-,24+,25-,26-,27+/m1/s1. The number of hydrogen-bond acceptors (Lipinski definition) is 6. The molecule has 1 fully saturated rings. The molecule has 3 aromatic carbocycles. The van der Waals surface area contributed by atoms with Crippen LogP contribution in [0.3, 0.4) is 0 Å². The minimum atomic E-state index is -1.40. The lowest BCUT2D eigenvalue weighted by Crippen LogP contribution is -2.60. The van der Waals surface area contributed by atoms with Crippen LogP contribution in [-0.4, -0.2) is 47.5 Å². The van der Waals surface area contributed by atoms with Crippen LogP contribution in [0.25, 0.3) is 0 Å². The Morgan fingerprint density at radius 3 is 1.58 bits per heavy atom. The molecule has 4 rings (SSSR count). The van der Waals surface area contributed by atoms with Gasteiger partial charge in [-0.25, -0.2) is 0 Å². The predicted molar refractivity (Wildman–Crippen MR) is 123 cm³/mol. The van der Waals surface area contributed by atoms with E-state index in [0.717, 1.165) is 16.7 Å². The maximum atomic E-state index is 10.7. The number of benzene rings is 3. The molecule has 0 aromatic heterocycles. The lowest BCUT2D eigenvalue weighted by Gasteiger charge is -2.42. The zero-order valence-corrected chi connectivity index (χ0v) is 18.4. The van der Waals surface area contributed by atoms with Gasteiger partial charge in [0, 0.05) is 0 Å². The predicted octanol–water partition coefficient (Wildman–Crippen LogP) is 3.45. The maximum absolute atomic E-state index is 10.7. The van der Waals surface area contributed by atoms with Gasteiger partial charge in [0.25, 0.3) is 0 Å². The van der Waals surface area contributed by atoms with Gasteiger partial charge in [0.15, 0.2) is 6.29 Å². The van der Waals surface area contributed by atoms with Crippen molar-refractivity contribution in [3.05, 3.63) is 108 Å². The van der Waals surface area contributed by atoms with Gasteiger partial charge in [-0.05, 0) is 16.7 Å². The molecule has 6 heteroatoms. The molecule has 5 atom stereocenters. The van der Waals surface area contributed by atoms with E-state index in [9.17, 15) is 10.2 Å². The first kappa shape index (κ1) is 23.6. The summed E-state index contributed by atoms with van der Waals surface area (Å²) < 4.78 is 23.9. The van der Waals surface area contributed by atoms with Crippen LogP contribution in [0.1, 0.15) is 16.7 Å². The summed E-state index contributed by atoms with van der Waals surface area (Å²) in [5.41, 5.74) is 2.99. The van der Waals surface area contributed by atoms with Crippen LogP contribution in [0.15, 0.2) is 91.0 Å². The van der Waals surface area contributed by atoms with Crippen molar-refractivity contribution >= 4 is 0 Å². The van der Waals surface area contributed by atoms with Crippen molar-refractivity contribution in [3.8, 4) is 0 Å². The van der Waals surface area contributed by atoms with E-state index >= 15 is 0 Å². The second-order valence-electron chi connectivity index (χ2n) is 8.08. The molecule has 0 amide bonds. The fourth-order valence-corrected chi connectivity index (χ4v) is 3.84. The molecule has 0 unspecified atom stereocenters. The zero-order chi connectivity index (χ0) is 22.9. The summed E-state index contributed by atoms with van der Waals surface area (Å²) in [7, 11) is 0. The third kappa shape index (κ3) is 6.71. The minimum absolute atomic E-state index is 0.184. The summed E-state index contributed by atoms with van der Waals surface area (Å²) in [5.74, 6) is 0. The second kappa shape index (κ2) is 12.0. The quantitative estimate of drug-likeness (QED) is 0.493. The molecule has 2 N–H and O–H groups in total. The molecular weight excluding hydrogens is 420 g/mol. The molecule has 0 bridgehead atoms. The zero-order valence-electron chi connectivity index (χ0n) is 18.4. The molecule has 3 aromatic rings. The monoisotopic (exact) mass is 450 g/mol. The topological polar surface area (TPSA) is 77.4 Å². The van der Waals surface area contributed by atoms with Gasteiger partial charge in [0.2, 0.25) is 0 Å². The van der Waals surface area contributed by atoms with Crippen LogP contribution in [0.4, 0.5) is 0 Å². The Morgan fingerprint density at radius 1 is 0.606 bits per heavy atom. The molecule has 1 saturated heterocycles. The maximum Gasteiger partial charge on any atom is 0.184 e. The van der Waals surface area contributed by atoms with Gasteiger partial charge in [-0.1, -0.05) is 91.0 Å². The number of hydrogen-bond donors (Lipinski definition) is 2. The van der Waals surface area contributed by atoms with Crippen LogP contribution < -0.4 is 0 Å². The molecule has 0 saturated carbocycles. The summed E-state index contributed by atoms with van der Waals surface area (Å²) in [6, 6.07) is 29.3. The Morgan fingerprint density at radius 2 is 1.06 bits per heavy atom. The fraction of sp³-hybridized carbons (Fsp3) is 0.333. The van der Waals surface area contributed by atoms with Gasteiger partial charge in [0.05, 0.1) is 26.4 Å². The summed E-state index contributed by atoms with van der Waals surface area (Å²) in [6.07, 6.45) is -4.68. The Balaban J connectivity index is 1.46. The van der Waals surface area contributed by atoms with E-state index in [4.69, 9.17) is 18.9 Å². The normalized spacial score (nSPS) is 25.1. The highest BCUT2D eigenvalue weighted by atomic mass is 16.7. The smallest absolute Gasteiger partial charge is 0.184 e. The van der Waals surface area contributed by atoms with E-state index in [2.05, 4.69) is 0 Å². The van der Waals surface area contributed by atoms with Crippen LogP contribution in [0.2, 0.25) is 0 Å². The first-order valence-electron chi connectivity index (χ1n) is 11.1. The Bertz CT molecular complexity index is 937. The Kier molecular flexibility index (Phi) is 8.60. The van der Waals surface area contributed by atoms with E-state index in [1.54, 1.807) is 0 Å². The number of aliphatic hydroxyl groups excluding tert-OH is 2. The highest BCUT2D eigenvalue weighted by Crippen LogP contribution is 2.27. The Hall–Kier alpha value is -2.58. The van der Waals surface area contributed by atoms with Crippen LogP contribution >= 0.6 is 0 Å². The molecule has 0 radical (unpaired) electrons. The van der Waals surface area contributed by atoms with Gasteiger partial charge in [0.1, 0.15) is 24.4 Å². The summed E-state index contributed by atoms with van der Waals surface area (Å²) in [6.45, 7) is 1.18. The summed E-state index contributed by atoms with van der Waals surface area (Å²) >= 11 is 0. The van der Waals surface area contributed by atoms with Gasteiger partial charge in [-0.3, -0.25) is 0 Å². The highest BCUT2D eigenvalue weighted by molar-refractivity contribution is 5.15. The molecule has 33 heavy (non-hydrogen) atoms. The molecule has 0 aliphatic carbocycles. The Labute approximate surface area is 194 Å². The lowest BCUT2D eigenvalue weighted by atomic mass is 9.98. The van der Waals surface area contributed by atoms with Gasteiger partial charge >= 0.3 is 0 Å². The third-order valence-corrected chi connectivity index (χ3v) is 5.60. The molecule has 1 aliphatic heterocycles. The van der Waals surface area contributed by atoms with Crippen molar-refractivity contribution in [2.45, 2.75) is 50.5 Å². The van der Waals surface area contributed by atoms with E-state index in [0.29, 0.717) is 13.2 Å². The van der Waals surface area contributed by atoms with E-state index in [-0.39, 0.29) is 13.2 Å². The fourth-order valence-electron chi connectivity index (χ4n) is 3.84. The molecule has 174 valence electrons. The van der Waals surface area contributed by atoms with E-state index < -0.39 is 30.7 Å². The minimum Gasteiger partial charge on any atom is -0.385 e. The second-order valence-corrected chi connectivity index (χ2v) is 8.08. The molecular formula is C27H30O6. The molecule has 1 aliphatic rings. The first-order chi connectivity index (χ1) is 16.2. The summed E-state index contributed by atoms with van der Waals surface area (Å²) in [5, 5.41) is 21.1. The number of rotatable bonds is 10. The number of ether oxygens (including phenoxy) is 4. The van der Waals surface area contributed by atoms with Gasteiger partial charge in [-0.15, -0.1) is 0 Å². The van der Waals surface area contributed by atoms with Crippen molar-refractivity contribution in [2.75, 3.05) is 6.61 Å². The molecule has 6 nitrogen and oxygen atoms in total. The lowest BCUT2D eigenvalue weighted by molar-refractivity contribution is -0.307. The van der Waals surface area contributed by atoms with Crippen LogP contribution in [0.5, 0.6) is 0 Å². The van der Waals surface area contributed by atoms with E-state index in [1.807, 2.05) is 91.0 Å². The molecule has 0 spiro atoms. The number of aliphatic hydroxyl groups is 2. The average Bonchev–Trinajstić information content (AvgIpc) is 2.86. The SMILES string of the molecule is O[C@H]1[C@@H](OCc2ccccc2)[C@H](OCc2ccccc2)[C@@H](COCc2ccccc2)O[C@@H]1O. The van der Waals surface area contributed by atoms with Crippen molar-refractivity contribution in [3.63, 3.8) is 0 Å². The summed E-state index contributed by atoms with van der Waals surface area (Å²) in [4.78, 5) is 0. The molecule has 1 heterocycles. The van der Waals surface area contributed by atoms with Gasteiger partial charge < -0.3 is 29.2 Å². The highest BCUT2D eigenvalue weighted by Gasteiger charge is 2.46. The third-order valence-electron chi connectivity index (χ3n) is 5.60. The van der Waals surface area contributed by atoms with Crippen molar-refractivity contribution in [2.24, 2.45) is 0 Å². The van der Waals surface area contributed by atoms with Crippen molar-refractivity contribution in [1.82, 2.24) is 0 Å². The van der Waals surface area contributed by atoms with Crippen molar-refractivity contribution in [1.29, 1.82) is 0 Å².